The van der Waals surface area contributed by atoms with E-state index in [9.17, 15) is 5.11 Å². The van der Waals surface area contributed by atoms with Crippen molar-refractivity contribution in [3.05, 3.63) is 48.9 Å². The number of ether oxygens (including phenoxy) is 1. The number of aliphatic hydroxyl groups excluding tert-OH is 1. The summed E-state index contributed by atoms with van der Waals surface area (Å²) in [6, 6.07) is 11.1. The van der Waals surface area contributed by atoms with Crippen LogP contribution >= 0.6 is 6.64 Å². The molecule has 4 N–H and O–H groups in total. The van der Waals surface area contributed by atoms with Gasteiger partial charge in [0.25, 0.3) is 6.64 Å². The van der Waals surface area contributed by atoms with Crippen molar-refractivity contribution in [1.29, 1.82) is 0 Å². The number of rotatable bonds is 3. The molecule has 2 aromatic heterocycles. The molecule has 0 spiro atoms. The Balaban J connectivity index is 1.40. The van der Waals surface area contributed by atoms with Gasteiger partial charge >= 0.3 is 0 Å². The zero-order valence-electron chi connectivity index (χ0n) is 14.6. The number of aliphatic hydroxyl groups is 1. The molecule has 0 bridgehead atoms. The van der Waals surface area contributed by atoms with Gasteiger partial charge in [0.05, 0.1) is 18.6 Å². The van der Waals surface area contributed by atoms with Gasteiger partial charge < -0.3 is 29.7 Å². The number of nitrogens with one attached hydrogen (secondary N) is 1. The summed E-state index contributed by atoms with van der Waals surface area (Å²) in [5.74, 6) is 0. The van der Waals surface area contributed by atoms with Crippen molar-refractivity contribution in [2.24, 2.45) is 0 Å². The summed E-state index contributed by atoms with van der Waals surface area (Å²) in [7, 11) is 0. The van der Waals surface area contributed by atoms with Gasteiger partial charge in [-0.1, -0.05) is 18.2 Å². The highest BCUT2D eigenvalue weighted by Crippen LogP contribution is 2.55. The zero-order valence-corrected chi connectivity index (χ0v) is 16.3. The van der Waals surface area contributed by atoms with Gasteiger partial charge in [0.15, 0.2) is 11.9 Å². The van der Waals surface area contributed by atoms with Crippen LogP contribution in [0.2, 0.25) is 0 Å². The summed E-state index contributed by atoms with van der Waals surface area (Å²) in [5.41, 5.74) is 8.35. The minimum Gasteiger partial charge on any atom is -0.397 e. The normalized spacial score (nSPS) is 32.3. The van der Waals surface area contributed by atoms with Gasteiger partial charge in [0.1, 0.15) is 23.8 Å². The number of nitrogens with two attached hydrogens (primary N) is 1. The van der Waals surface area contributed by atoms with Gasteiger partial charge in [-0.15, -0.1) is 0 Å². The lowest BCUT2D eigenvalue weighted by atomic mass is 10.1. The SMILES string of the molecule is Nc1ccnc2c1ncn2[C@@H]1O[C@@H]2COP(=S)(Nc3ccccc3)OC2C1O. The molecule has 2 saturated heterocycles. The smallest absolute Gasteiger partial charge is 0.288 e. The maximum Gasteiger partial charge on any atom is 0.288 e. The van der Waals surface area contributed by atoms with Crippen molar-refractivity contribution in [1.82, 2.24) is 14.5 Å². The Bertz CT molecular complexity index is 1060. The lowest BCUT2D eigenvalue weighted by Gasteiger charge is -2.34. The van der Waals surface area contributed by atoms with E-state index in [0.29, 0.717) is 16.9 Å². The Hall–Kier alpha value is -2.07. The Morgan fingerprint density at radius 1 is 1.25 bits per heavy atom. The third-order valence-electron chi connectivity index (χ3n) is 4.78. The lowest BCUT2D eigenvalue weighted by molar-refractivity contribution is -0.0539. The molecule has 3 aromatic rings. The minimum atomic E-state index is -2.82. The number of pyridine rings is 1. The molecular weight excluding hydrogens is 401 g/mol. The first-order valence-corrected chi connectivity index (χ1v) is 11.3. The Morgan fingerprint density at radius 3 is 2.89 bits per heavy atom. The molecule has 5 atom stereocenters. The summed E-state index contributed by atoms with van der Waals surface area (Å²) < 4.78 is 19.5. The van der Waals surface area contributed by atoms with E-state index in [4.69, 9.17) is 31.3 Å². The number of nitrogens with zero attached hydrogens (tertiary/aromatic N) is 3. The molecule has 2 aliphatic heterocycles. The maximum atomic E-state index is 10.9. The summed E-state index contributed by atoms with van der Waals surface area (Å²) >= 11 is 5.59. The van der Waals surface area contributed by atoms with Gasteiger partial charge in [-0.2, -0.15) is 0 Å². The number of hydrogen-bond donors (Lipinski definition) is 3. The van der Waals surface area contributed by atoms with E-state index in [1.165, 1.54) is 0 Å². The first-order chi connectivity index (χ1) is 13.5. The van der Waals surface area contributed by atoms with Crippen LogP contribution in [0.1, 0.15) is 6.23 Å². The second kappa shape index (κ2) is 6.77. The molecule has 0 radical (unpaired) electrons. The van der Waals surface area contributed by atoms with E-state index in [0.717, 1.165) is 5.69 Å². The first-order valence-electron chi connectivity index (χ1n) is 8.71. The molecule has 146 valence electrons. The van der Waals surface area contributed by atoms with Crippen LogP contribution in [0.25, 0.3) is 11.2 Å². The molecule has 0 amide bonds. The Kier molecular flexibility index (Phi) is 4.35. The quantitative estimate of drug-likeness (QED) is 0.548. The second-order valence-corrected chi connectivity index (χ2v) is 9.75. The zero-order chi connectivity index (χ0) is 19.3. The fourth-order valence-corrected chi connectivity index (χ4v) is 5.81. The Morgan fingerprint density at radius 2 is 2.07 bits per heavy atom. The van der Waals surface area contributed by atoms with E-state index in [1.54, 1.807) is 23.2 Å². The van der Waals surface area contributed by atoms with Gasteiger partial charge in [-0.05, 0) is 30.0 Å². The highest BCUT2D eigenvalue weighted by Gasteiger charge is 2.51. The predicted molar refractivity (Wildman–Crippen MR) is 107 cm³/mol. The number of aromatic nitrogens is 3. The number of nitrogen functional groups attached to an aromatic ring is 1. The van der Waals surface area contributed by atoms with Crippen LogP contribution in [0.3, 0.4) is 0 Å². The molecule has 1 aromatic carbocycles. The monoisotopic (exact) mass is 419 g/mol. The highest BCUT2D eigenvalue weighted by atomic mass is 32.5. The molecule has 2 fully saturated rings. The van der Waals surface area contributed by atoms with Crippen LogP contribution in [0.4, 0.5) is 11.4 Å². The van der Waals surface area contributed by atoms with Crippen LogP contribution < -0.4 is 10.8 Å². The number of anilines is 2. The van der Waals surface area contributed by atoms with Gasteiger partial charge in [-0.25, -0.2) is 9.97 Å². The molecule has 5 rings (SSSR count). The number of fused-ring (bicyclic) bond motifs is 2. The molecule has 2 aliphatic rings. The number of hydrogen-bond acceptors (Lipinski definition) is 8. The fraction of sp³-hybridized carbons (Fsp3) is 0.294. The third kappa shape index (κ3) is 2.98. The average molecular weight is 419 g/mol. The standard InChI is InChI=1S/C17H18N5O4PS/c18-11-6-7-19-16-13(11)20-9-22(16)17-14(23)15-12(25-17)8-24-27(28,26-15)21-10-4-2-1-3-5-10/h1-7,9,12,14-15,17,23H,8H2,(H2,18,19)(H,21,28)/t12-,14?,15?,17-,27?/m1/s1. The highest BCUT2D eigenvalue weighted by molar-refractivity contribution is 8.10. The van der Waals surface area contributed by atoms with Crippen molar-refractivity contribution in [3.8, 4) is 0 Å². The molecule has 0 saturated carbocycles. The van der Waals surface area contributed by atoms with E-state index in [1.807, 2.05) is 30.3 Å². The molecule has 3 unspecified atom stereocenters. The minimum absolute atomic E-state index is 0.220. The summed E-state index contributed by atoms with van der Waals surface area (Å²) in [6.45, 7) is -2.60. The number of benzene rings is 1. The largest absolute Gasteiger partial charge is 0.397 e. The van der Waals surface area contributed by atoms with Crippen LogP contribution in [0, 0.1) is 0 Å². The van der Waals surface area contributed by atoms with Crippen LogP contribution in [0.5, 0.6) is 0 Å². The summed E-state index contributed by atoms with van der Waals surface area (Å²) in [4.78, 5) is 8.60. The lowest BCUT2D eigenvalue weighted by Crippen LogP contribution is -2.40. The second-order valence-electron chi connectivity index (χ2n) is 6.62. The van der Waals surface area contributed by atoms with Crippen LogP contribution in [0.15, 0.2) is 48.9 Å². The fourth-order valence-electron chi connectivity index (χ4n) is 3.44. The van der Waals surface area contributed by atoms with Gasteiger partial charge in [0, 0.05) is 11.9 Å². The van der Waals surface area contributed by atoms with Crippen molar-refractivity contribution in [2.75, 3.05) is 17.4 Å². The predicted octanol–water partition coefficient (Wildman–Crippen LogP) is 2.02. The molecular formula is C17H18N5O4PS. The number of para-hydroxylation sites is 1. The number of imidazole rings is 1. The maximum absolute atomic E-state index is 10.9. The van der Waals surface area contributed by atoms with E-state index in [2.05, 4.69) is 15.1 Å². The van der Waals surface area contributed by atoms with E-state index >= 15 is 0 Å². The molecule has 9 nitrogen and oxygen atoms in total. The topological polar surface area (TPSA) is 117 Å². The molecule has 4 heterocycles. The molecule has 0 aliphatic carbocycles. The molecule has 28 heavy (non-hydrogen) atoms. The van der Waals surface area contributed by atoms with E-state index < -0.39 is 31.2 Å². The summed E-state index contributed by atoms with van der Waals surface area (Å²) in [5, 5.41) is 14.1. The molecule has 11 heteroatoms. The van der Waals surface area contributed by atoms with E-state index in [-0.39, 0.29) is 6.61 Å². The van der Waals surface area contributed by atoms with Crippen molar-refractivity contribution < 1.29 is 18.9 Å². The van der Waals surface area contributed by atoms with Crippen LogP contribution in [-0.2, 0) is 25.6 Å². The first kappa shape index (κ1) is 18.0. The third-order valence-corrected chi connectivity index (χ3v) is 7.17. The van der Waals surface area contributed by atoms with Crippen LogP contribution in [-0.4, -0.2) is 44.6 Å². The van der Waals surface area contributed by atoms with Gasteiger partial charge in [-0.3, -0.25) is 4.57 Å². The van der Waals surface area contributed by atoms with Crippen molar-refractivity contribution in [2.45, 2.75) is 24.5 Å². The van der Waals surface area contributed by atoms with Crippen molar-refractivity contribution in [3.63, 3.8) is 0 Å². The Labute approximate surface area is 165 Å². The van der Waals surface area contributed by atoms with Gasteiger partial charge in [0.2, 0.25) is 0 Å². The summed E-state index contributed by atoms with van der Waals surface area (Å²) in [6.07, 6.45) is 0.378. The average Bonchev–Trinajstić information content (AvgIpc) is 3.25. The van der Waals surface area contributed by atoms with Crippen molar-refractivity contribution >= 4 is 41.0 Å².